The molecule has 19 heavy (non-hydrogen) atoms. The molecule has 1 aromatic carbocycles. The van der Waals surface area contributed by atoms with Crippen molar-refractivity contribution >= 4 is 45.6 Å². The first-order valence-electron chi connectivity index (χ1n) is 5.29. The van der Waals surface area contributed by atoms with Crippen LogP contribution in [-0.2, 0) is 4.79 Å². The quantitative estimate of drug-likeness (QED) is 0.877. The lowest BCUT2D eigenvalue weighted by atomic mass is 10.1. The fourth-order valence-electron chi connectivity index (χ4n) is 1.47. The summed E-state index contributed by atoms with van der Waals surface area (Å²) in [5.74, 6) is 0.225. The second kappa shape index (κ2) is 6.23. The Bertz CT molecular complexity index is 587. The zero-order chi connectivity index (χ0) is 13.8. The van der Waals surface area contributed by atoms with Crippen molar-refractivity contribution in [2.75, 3.05) is 12.4 Å². The first-order chi connectivity index (χ1) is 9.11. The summed E-state index contributed by atoms with van der Waals surface area (Å²) < 4.78 is 5.26. The van der Waals surface area contributed by atoms with Gasteiger partial charge in [-0.1, -0.05) is 35.3 Å². The number of thiazole rings is 1. The highest BCUT2D eigenvalue weighted by atomic mass is 35.5. The Hall–Kier alpha value is -1.30. The van der Waals surface area contributed by atoms with Crippen LogP contribution in [0.5, 0.6) is 5.75 Å². The van der Waals surface area contributed by atoms with Crippen molar-refractivity contribution in [3.63, 3.8) is 0 Å². The maximum atomic E-state index is 11.3. The average molecular weight is 317 g/mol. The van der Waals surface area contributed by atoms with Crippen LogP contribution < -0.4 is 10.1 Å². The fourth-order valence-corrected chi connectivity index (χ4v) is 2.29. The predicted octanol–water partition coefficient (Wildman–Crippen LogP) is 3.56. The minimum Gasteiger partial charge on any atom is -0.496 e. The number of ether oxygens (including phenoxy) is 1. The van der Waals surface area contributed by atoms with Crippen LogP contribution in [0.2, 0.25) is 0 Å². The molecule has 100 valence electrons. The Kier molecular flexibility index (Phi) is 4.63. The van der Waals surface area contributed by atoms with Gasteiger partial charge in [0.25, 0.3) is 5.91 Å². The number of nitrogens with one attached hydrogen (secondary N) is 1. The van der Waals surface area contributed by atoms with Crippen LogP contribution in [0.3, 0.4) is 0 Å². The molecule has 1 N–H and O–H groups in total. The van der Waals surface area contributed by atoms with Crippen LogP contribution in [0.15, 0.2) is 29.6 Å². The van der Waals surface area contributed by atoms with Crippen molar-refractivity contribution in [1.29, 1.82) is 0 Å². The summed E-state index contributed by atoms with van der Waals surface area (Å²) in [5, 5.41) is 4.80. The Morgan fingerprint density at radius 1 is 1.42 bits per heavy atom. The normalized spacial score (nSPS) is 10.5. The minimum absolute atomic E-state index is 0.442. The molecule has 1 aromatic heterocycles. The summed E-state index contributed by atoms with van der Waals surface area (Å²) in [6, 6.07) is 7.51. The van der Waals surface area contributed by atoms with Crippen molar-refractivity contribution in [3.8, 4) is 17.0 Å². The number of para-hydroxylation sites is 1. The van der Waals surface area contributed by atoms with Crippen molar-refractivity contribution < 1.29 is 9.53 Å². The smallest absolute Gasteiger partial charge is 0.259 e. The van der Waals surface area contributed by atoms with Gasteiger partial charge in [0.05, 0.1) is 12.8 Å². The maximum Gasteiger partial charge on any atom is 0.259 e. The number of hydrogen-bond donors (Lipinski definition) is 1. The number of hydrogen-bond acceptors (Lipinski definition) is 4. The maximum absolute atomic E-state index is 11.3. The van der Waals surface area contributed by atoms with E-state index in [-0.39, 0.29) is 0 Å². The monoisotopic (exact) mass is 316 g/mol. The Balaban J connectivity index is 2.23. The zero-order valence-electron chi connectivity index (χ0n) is 9.89. The summed E-state index contributed by atoms with van der Waals surface area (Å²) in [6.45, 7) is 0. The first kappa shape index (κ1) is 14.1. The molecule has 4 nitrogen and oxygen atoms in total. The van der Waals surface area contributed by atoms with Crippen LogP contribution in [0.25, 0.3) is 11.3 Å². The van der Waals surface area contributed by atoms with Gasteiger partial charge in [-0.25, -0.2) is 4.98 Å². The lowest BCUT2D eigenvalue weighted by molar-refractivity contribution is -0.114. The minimum atomic E-state index is -1.11. The molecule has 0 unspecified atom stereocenters. The first-order valence-corrected chi connectivity index (χ1v) is 7.05. The van der Waals surface area contributed by atoms with E-state index in [1.807, 2.05) is 29.6 Å². The third kappa shape index (κ3) is 3.37. The van der Waals surface area contributed by atoms with Crippen molar-refractivity contribution in [2.24, 2.45) is 0 Å². The van der Waals surface area contributed by atoms with E-state index >= 15 is 0 Å². The molecule has 0 atom stereocenters. The number of carbonyl (C=O) groups excluding carboxylic acids is 1. The molecular formula is C12H10Cl2N2O2S. The SMILES string of the molecule is COc1ccccc1-c1csc(NC(=O)C(Cl)Cl)n1. The number of carbonyl (C=O) groups is 1. The van der Waals surface area contributed by atoms with E-state index in [1.54, 1.807) is 7.11 Å². The van der Waals surface area contributed by atoms with Crippen molar-refractivity contribution in [2.45, 2.75) is 4.84 Å². The Morgan fingerprint density at radius 3 is 2.84 bits per heavy atom. The number of aromatic nitrogens is 1. The van der Waals surface area contributed by atoms with Crippen LogP contribution in [0.4, 0.5) is 5.13 Å². The van der Waals surface area contributed by atoms with E-state index in [0.717, 1.165) is 17.0 Å². The molecule has 0 saturated heterocycles. The molecule has 7 heteroatoms. The second-order valence-electron chi connectivity index (χ2n) is 3.53. The third-order valence-corrected chi connectivity index (χ3v) is 3.47. The molecule has 2 aromatic rings. The largest absolute Gasteiger partial charge is 0.496 e. The summed E-state index contributed by atoms with van der Waals surface area (Å²) in [5.41, 5.74) is 1.58. The van der Waals surface area contributed by atoms with Gasteiger partial charge in [-0.2, -0.15) is 0 Å². The molecule has 2 rings (SSSR count). The van der Waals surface area contributed by atoms with Gasteiger partial charge in [-0.15, -0.1) is 11.3 Å². The van der Waals surface area contributed by atoms with Gasteiger partial charge < -0.3 is 4.74 Å². The van der Waals surface area contributed by atoms with Gasteiger partial charge in [0.2, 0.25) is 0 Å². The number of halogens is 2. The number of alkyl halides is 2. The lowest BCUT2D eigenvalue weighted by Crippen LogP contribution is -2.18. The number of methoxy groups -OCH3 is 1. The predicted molar refractivity (Wildman–Crippen MR) is 78.2 cm³/mol. The van der Waals surface area contributed by atoms with E-state index in [2.05, 4.69) is 10.3 Å². The van der Waals surface area contributed by atoms with Gasteiger partial charge in [-0.3, -0.25) is 10.1 Å². The number of amides is 1. The highest BCUT2D eigenvalue weighted by molar-refractivity contribution is 7.14. The van der Waals surface area contributed by atoms with Crippen LogP contribution >= 0.6 is 34.5 Å². The average Bonchev–Trinajstić information content (AvgIpc) is 2.86. The van der Waals surface area contributed by atoms with E-state index in [1.165, 1.54) is 11.3 Å². The molecule has 0 radical (unpaired) electrons. The van der Waals surface area contributed by atoms with E-state index in [4.69, 9.17) is 27.9 Å². The van der Waals surface area contributed by atoms with Crippen LogP contribution in [0.1, 0.15) is 0 Å². The Morgan fingerprint density at radius 2 is 2.16 bits per heavy atom. The standard InChI is InChI=1S/C12H10Cl2N2O2S/c1-18-9-5-3-2-4-7(9)8-6-19-12(15-8)16-11(17)10(13)14/h2-6,10H,1H3,(H,15,16,17). The van der Waals surface area contributed by atoms with Gasteiger partial charge in [-0.05, 0) is 12.1 Å². The van der Waals surface area contributed by atoms with Crippen molar-refractivity contribution in [3.05, 3.63) is 29.6 Å². The van der Waals surface area contributed by atoms with E-state index < -0.39 is 10.7 Å². The van der Waals surface area contributed by atoms with E-state index in [9.17, 15) is 4.79 Å². The highest BCUT2D eigenvalue weighted by Gasteiger charge is 2.14. The topological polar surface area (TPSA) is 51.2 Å². The molecule has 0 aliphatic heterocycles. The molecule has 1 amide bonds. The molecule has 0 bridgehead atoms. The van der Waals surface area contributed by atoms with Crippen molar-refractivity contribution in [1.82, 2.24) is 4.98 Å². The molecule has 0 aliphatic rings. The van der Waals surface area contributed by atoms with Gasteiger partial charge in [0.15, 0.2) is 9.97 Å². The van der Waals surface area contributed by atoms with Crippen LogP contribution in [-0.4, -0.2) is 22.8 Å². The van der Waals surface area contributed by atoms with Gasteiger partial charge in [0, 0.05) is 10.9 Å². The van der Waals surface area contributed by atoms with E-state index in [0.29, 0.717) is 5.13 Å². The second-order valence-corrected chi connectivity index (χ2v) is 5.48. The number of rotatable bonds is 4. The molecular weight excluding hydrogens is 307 g/mol. The summed E-state index contributed by atoms with van der Waals surface area (Å²) >= 11 is 12.2. The fraction of sp³-hybridized carbons (Fsp3) is 0.167. The molecule has 0 aliphatic carbocycles. The summed E-state index contributed by atoms with van der Waals surface area (Å²) in [7, 11) is 1.60. The number of nitrogens with zero attached hydrogens (tertiary/aromatic N) is 1. The van der Waals surface area contributed by atoms with Crippen LogP contribution in [0, 0.1) is 0 Å². The molecule has 1 heterocycles. The zero-order valence-corrected chi connectivity index (χ0v) is 12.2. The molecule has 0 spiro atoms. The summed E-state index contributed by atoms with van der Waals surface area (Å²) in [6.07, 6.45) is 0. The summed E-state index contributed by atoms with van der Waals surface area (Å²) in [4.78, 5) is 14.5. The van der Waals surface area contributed by atoms with Gasteiger partial charge in [0.1, 0.15) is 5.75 Å². The Labute approximate surface area is 124 Å². The third-order valence-electron chi connectivity index (χ3n) is 2.32. The lowest BCUT2D eigenvalue weighted by Gasteiger charge is -2.05. The number of anilines is 1. The molecule has 0 saturated carbocycles. The van der Waals surface area contributed by atoms with Gasteiger partial charge >= 0.3 is 0 Å². The molecule has 0 fully saturated rings. The highest BCUT2D eigenvalue weighted by Crippen LogP contribution is 2.31. The number of benzene rings is 1.